The van der Waals surface area contributed by atoms with Crippen LogP contribution < -0.4 is 0 Å². The topological polar surface area (TPSA) is 12.5 Å². The van der Waals surface area contributed by atoms with Crippen molar-refractivity contribution in [1.29, 1.82) is 0 Å². The van der Waals surface area contributed by atoms with Gasteiger partial charge in [0.25, 0.3) is 0 Å². The second-order valence-corrected chi connectivity index (χ2v) is 3.36. The lowest BCUT2D eigenvalue weighted by molar-refractivity contribution is 0.0889. The Hall–Kier alpha value is -0.760. The summed E-state index contributed by atoms with van der Waals surface area (Å²) in [7, 11) is 0. The molecule has 1 fully saturated rings. The van der Waals surface area contributed by atoms with E-state index in [2.05, 4.69) is 29.3 Å². The van der Waals surface area contributed by atoms with Gasteiger partial charge in [-0.25, -0.2) is 0 Å². The van der Waals surface area contributed by atoms with Crippen molar-refractivity contribution in [2.24, 2.45) is 0 Å². The molecule has 0 aliphatic carbocycles. The third-order valence-electron chi connectivity index (χ3n) is 2.35. The third-order valence-corrected chi connectivity index (χ3v) is 2.35. The minimum absolute atomic E-state index is 0.473. The van der Waals surface area contributed by atoms with Crippen LogP contribution in [0.15, 0.2) is 24.4 Å². The maximum Gasteiger partial charge on any atom is 0.0750 e. The Morgan fingerprint density at radius 3 is 3.08 bits per heavy atom. The van der Waals surface area contributed by atoms with Crippen LogP contribution in [0.3, 0.4) is 0 Å². The highest BCUT2D eigenvalue weighted by atomic mass is 16.5. The summed E-state index contributed by atoms with van der Waals surface area (Å²) in [6.45, 7) is 3.05. The van der Waals surface area contributed by atoms with E-state index in [9.17, 15) is 0 Å². The quantitative estimate of drug-likeness (QED) is 0.615. The smallest absolute Gasteiger partial charge is 0.0750 e. The van der Waals surface area contributed by atoms with Gasteiger partial charge in [-0.05, 0) is 25.1 Å². The van der Waals surface area contributed by atoms with Crippen LogP contribution in [0.25, 0.3) is 0 Å². The molecule has 1 unspecified atom stereocenters. The highest BCUT2D eigenvalue weighted by molar-refractivity contribution is 5.08. The van der Waals surface area contributed by atoms with Gasteiger partial charge in [-0.3, -0.25) is 0 Å². The first-order valence-electron chi connectivity index (χ1n) is 4.64. The van der Waals surface area contributed by atoms with E-state index in [4.69, 9.17) is 4.74 Å². The number of hydrogen-bond donors (Lipinski definition) is 0. The normalized spacial score (nSPS) is 28.3. The summed E-state index contributed by atoms with van der Waals surface area (Å²) in [6, 6.07) is 0. The van der Waals surface area contributed by atoms with Crippen molar-refractivity contribution < 1.29 is 4.74 Å². The van der Waals surface area contributed by atoms with E-state index in [1.165, 1.54) is 12.8 Å². The van der Waals surface area contributed by atoms with Crippen LogP contribution in [0.1, 0.15) is 12.8 Å². The Labute approximate surface area is 73.5 Å². The summed E-state index contributed by atoms with van der Waals surface area (Å²) < 4.78 is 5.56. The number of allylic oxidation sites excluding steroid dienone is 2. The van der Waals surface area contributed by atoms with Gasteiger partial charge >= 0.3 is 0 Å². The molecule has 2 heterocycles. The molecule has 1 atom stereocenters. The maximum absolute atomic E-state index is 5.56. The Bertz CT molecular complexity index is 192. The fourth-order valence-corrected chi connectivity index (χ4v) is 1.69. The van der Waals surface area contributed by atoms with Gasteiger partial charge in [-0.1, -0.05) is 12.2 Å². The largest absolute Gasteiger partial charge is 0.376 e. The van der Waals surface area contributed by atoms with Gasteiger partial charge in [-0.2, -0.15) is 0 Å². The zero-order valence-corrected chi connectivity index (χ0v) is 7.28. The Morgan fingerprint density at radius 1 is 1.42 bits per heavy atom. The van der Waals surface area contributed by atoms with E-state index in [-0.39, 0.29) is 0 Å². The van der Waals surface area contributed by atoms with E-state index >= 15 is 0 Å². The summed E-state index contributed by atoms with van der Waals surface area (Å²) in [6.07, 6.45) is 11.4. The molecule has 0 aromatic rings. The van der Waals surface area contributed by atoms with E-state index in [1.54, 1.807) is 0 Å². The molecule has 2 nitrogen and oxygen atoms in total. The zero-order valence-electron chi connectivity index (χ0n) is 7.28. The molecule has 0 N–H and O–H groups in total. The first-order valence-corrected chi connectivity index (χ1v) is 4.64. The van der Waals surface area contributed by atoms with Crippen LogP contribution in [0, 0.1) is 0 Å². The zero-order chi connectivity index (χ0) is 8.23. The van der Waals surface area contributed by atoms with Crippen molar-refractivity contribution in [2.45, 2.75) is 18.9 Å². The fraction of sp³-hybridized carbons (Fsp3) is 0.600. The van der Waals surface area contributed by atoms with Gasteiger partial charge in [-0.15, -0.1) is 0 Å². The highest BCUT2D eigenvalue weighted by Gasteiger charge is 2.17. The van der Waals surface area contributed by atoms with Gasteiger partial charge in [0.15, 0.2) is 0 Å². The van der Waals surface area contributed by atoms with Crippen LogP contribution >= 0.6 is 0 Å². The first kappa shape index (κ1) is 7.87. The van der Waals surface area contributed by atoms with Crippen molar-refractivity contribution in [3.8, 4) is 0 Å². The van der Waals surface area contributed by atoms with Crippen molar-refractivity contribution in [3.05, 3.63) is 24.4 Å². The molecule has 2 aliphatic heterocycles. The predicted octanol–water partition coefficient (Wildman–Crippen LogP) is 1.55. The molecular formula is C10H15NO. The van der Waals surface area contributed by atoms with Crippen molar-refractivity contribution in [3.63, 3.8) is 0 Å². The molecule has 2 rings (SSSR count). The second-order valence-electron chi connectivity index (χ2n) is 3.36. The molecule has 0 aromatic heterocycles. The predicted molar refractivity (Wildman–Crippen MR) is 48.8 cm³/mol. The van der Waals surface area contributed by atoms with Gasteiger partial charge in [0.1, 0.15) is 0 Å². The van der Waals surface area contributed by atoms with E-state index in [0.29, 0.717) is 6.10 Å². The molecule has 0 radical (unpaired) electrons. The summed E-state index contributed by atoms with van der Waals surface area (Å²) in [5.41, 5.74) is 0. The number of ether oxygens (including phenoxy) is 1. The van der Waals surface area contributed by atoms with Gasteiger partial charge in [0, 0.05) is 19.7 Å². The van der Waals surface area contributed by atoms with Crippen LogP contribution in [-0.2, 0) is 4.74 Å². The molecule has 66 valence electrons. The standard InChI is InChI=1S/C10H15NO/c1-2-6-11(7-3-1)9-10-5-4-8-12-10/h1-3,6,10H,4-5,7-9H2. The monoisotopic (exact) mass is 165 g/mol. The molecule has 1 saturated heterocycles. The molecule has 0 amide bonds. The van der Waals surface area contributed by atoms with Crippen molar-refractivity contribution >= 4 is 0 Å². The number of rotatable bonds is 2. The molecule has 2 heteroatoms. The van der Waals surface area contributed by atoms with E-state index in [0.717, 1.165) is 19.7 Å². The van der Waals surface area contributed by atoms with Crippen LogP contribution in [0.4, 0.5) is 0 Å². The fourth-order valence-electron chi connectivity index (χ4n) is 1.69. The molecule has 12 heavy (non-hydrogen) atoms. The van der Waals surface area contributed by atoms with Crippen LogP contribution in [0.2, 0.25) is 0 Å². The Balaban J connectivity index is 1.78. The summed E-state index contributed by atoms with van der Waals surface area (Å²) in [5.74, 6) is 0. The maximum atomic E-state index is 5.56. The lowest BCUT2D eigenvalue weighted by atomic mass is 10.2. The number of nitrogens with zero attached hydrogens (tertiary/aromatic N) is 1. The van der Waals surface area contributed by atoms with Crippen LogP contribution in [0.5, 0.6) is 0 Å². The minimum atomic E-state index is 0.473. The average molecular weight is 165 g/mol. The highest BCUT2D eigenvalue weighted by Crippen LogP contribution is 2.14. The molecule has 0 spiro atoms. The van der Waals surface area contributed by atoms with E-state index in [1.807, 2.05) is 0 Å². The lowest BCUT2D eigenvalue weighted by Crippen LogP contribution is -2.28. The SMILES string of the molecule is C1=CCN(CC2CCCO2)C=C1. The van der Waals surface area contributed by atoms with Gasteiger partial charge in [0.2, 0.25) is 0 Å². The third kappa shape index (κ3) is 1.89. The first-order chi connectivity index (χ1) is 5.95. The summed E-state index contributed by atoms with van der Waals surface area (Å²) in [5, 5.41) is 0. The molecule has 0 saturated carbocycles. The van der Waals surface area contributed by atoms with Crippen molar-refractivity contribution in [2.75, 3.05) is 19.7 Å². The molecule has 2 aliphatic rings. The Kier molecular flexibility index (Phi) is 2.47. The Morgan fingerprint density at radius 2 is 2.42 bits per heavy atom. The van der Waals surface area contributed by atoms with E-state index < -0.39 is 0 Å². The second kappa shape index (κ2) is 3.76. The summed E-state index contributed by atoms with van der Waals surface area (Å²) in [4.78, 5) is 2.30. The molecular weight excluding hydrogens is 150 g/mol. The van der Waals surface area contributed by atoms with Gasteiger partial charge in [0.05, 0.1) is 6.10 Å². The van der Waals surface area contributed by atoms with Crippen LogP contribution in [-0.4, -0.2) is 30.7 Å². The number of hydrogen-bond acceptors (Lipinski definition) is 2. The van der Waals surface area contributed by atoms with Crippen molar-refractivity contribution in [1.82, 2.24) is 4.90 Å². The van der Waals surface area contributed by atoms with Gasteiger partial charge < -0.3 is 9.64 Å². The molecule has 0 bridgehead atoms. The average Bonchev–Trinajstić information content (AvgIpc) is 2.59. The lowest BCUT2D eigenvalue weighted by Gasteiger charge is -2.23. The summed E-state index contributed by atoms with van der Waals surface area (Å²) >= 11 is 0. The minimum Gasteiger partial charge on any atom is -0.376 e. The molecule has 0 aromatic carbocycles.